The first-order valence-corrected chi connectivity index (χ1v) is 6.12. The highest BCUT2D eigenvalue weighted by Gasteiger charge is 2.18. The number of hydrogen-bond donors (Lipinski definition) is 1. The van der Waals surface area contributed by atoms with Crippen molar-refractivity contribution in [1.29, 1.82) is 0 Å². The van der Waals surface area contributed by atoms with Crippen molar-refractivity contribution in [3.63, 3.8) is 0 Å². The van der Waals surface area contributed by atoms with Crippen LogP contribution >= 0.6 is 0 Å². The van der Waals surface area contributed by atoms with Gasteiger partial charge in [0.05, 0.1) is 7.11 Å². The average Bonchev–Trinajstić information content (AvgIpc) is 2.76. The molecule has 0 aromatic heterocycles. The molecule has 0 atom stereocenters. The number of carboxylic acid groups (broad SMARTS) is 1. The zero-order chi connectivity index (χ0) is 12.3. The van der Waals surface area contributed by atoms with E-state index in [-0.39, 0.29) is 6.42 Å². The lowest BCUT2D eigenvalue weighted by Gasteiger charge is -2.13. The molecule has 1 N–H and O–H groups in total. The number of rotatable bonds is 5. The van der Waals surface area contributed by atoms with Crippen molar-refractivity contribution in [1.82, 2.24) is 0 Å². The minimum atomic E-state index is -0.731. The van der Waals surface area contributed by atoms with Crippen molar-refractivity contribution in [2.75, 3.05) is 7.11 Å². The Morgan fingerprint density at radius 1 is 1.41 bits per heavy atom. The molecule has 1 aliphatic rings. The number of aryl methyl sites for hydroxylation is 2. The zero-order valence-electron chi connectivity index (χ0n) is 10.2. The van der Waals surface area contributed by atoms with Crippen LogP contribution in [0.2, 0.25) is 0 Å². The molecule has 3 nitrogen and oxygen atoms in total. The van der Waals surface area contributed by atoms with Gasteiger partial charge in [-0.3, -0.25) is 4.79 Å². The van der Waals surface area contributed by atoms with Gasteiger partial charge in [-0.05, 0) is 48.8 Å². The molecule has 0 saturated heterocycles. The summed E-state index contributed by atoms with van der Waals surface area (Å²) in [5.74, 6) is 0.260. The third kappa shape index (κ3) is 2.60. The molecule has 3 heteroatoms. The first-order chi connectivity index (χ1) is 8.22. The predicted octanol–water partition coefficient (Wildman–Crippen LogP) is 2.59. The second-order valence-corrected chi connectivity index (χ2v) is 4.50. The fraction of sp³-hybridized carbons (Fsp3) is 0.500. The Morgan fingerprint density at radius 3 is 2.94 bits per heavy atom. The smallest absolute Gasteiger partial charge is 0.303 e. The van der Waals surface area contributed by atoms with Gasteiger partial charge < -0.3 is 9.84 Å². The van der Waals surface area contributed by atoms with Gasteiger partial charge in [0.15, 0.2) is 0 Å². The molecule has 1 aromatic rings. The Bertz CT molecular complexity index is 424. The van der Waals surface area contributed by atoms with E-state index in [9.17, 15) is 4.79 Å². The second-order valence-electron chi connectivity index (χ2n) is 4.50. The van der Waals surface area contributed by atoms with Gasteiger partial charge in [-0.2, -0.15) is 0 Å². The van der Waals surface area contributed by atoms with Gasteiger partial charge in [-0.15, -0.1) is 0 Å². The van der Waals surface area contributed by atoms with Crippen LogP contribution in [0.15, 0.2) is 12.1 Å². The van der Waals surface area contributed by atoms with E-state index >= 15 is 0 Å². The standard InChI is InChI=1S/C14H18O3/c1-17-14-11(5-3-7-13(15)16)9-8-10-4-2-6-12(10)14/h8-9H,2-7H2,1H3,(H,15,16). The van der Waals surface area contributed by atoms with Gasteiger partial charge >= 0.3 is 5.97 Å². The van der Waals surface area contributed by atoms with E-state index < -0.39 is 5.97 Å². The number of carboxylic acids is 1. The molecule has 0 aliphatic heterocycles. The topological polar surface area (TPSA) is 46.5 Å². The summed E-state index contributed by atoms with van der Waals surface area (Å²) < 4.78 is 5.50. The molecule has 1 aromatic carbocycles. The lowest BCUT2D eigenvalue weighted by atomic mass is 10.0. The molecule has 0 amide bonds. The maximum absolute atomic E-state index is 10.5. The van der Waals surface area contributed by atoms with E-state index in [0.717, 1.165) is 30.6 Å². The van der Waals surface area contributed by atoms with Crippen molar-refractivity contribution < 1.29 is 14.6 Å². The first kappa shape index (κ1) is 12.0. The SMILES string of the molecule is COc1c(CCCC(=O)O)ccc2c1CCC2. The molecule has 92 valence electrons. The van der Waals surface area contributed by atoms with Gasteiger partial charge in [0.2, 0.25) is 0 Å². The average molecular weight is 234 g/mol. The quantitative estimate of drug-likeness (QED) is 0.851. The van der Waals surface area contributed by atoms with E-state index in [1.807, 2.05) is 0 Å². The number of benzene rings is 1. The second kappa shape index (κ2) is 5.21. The van der Waals surface area contributed by atoms with E-state index in [2.05, 4.69) is 12.1 Å². The summed E-state index contributed by atoms with van der Waals surface area (Å²) in [6, 6.07) is 4.26. The summed E-state index contributed by atoms with van der Waals surface area (Å²) >= 11 is 0. The third-order valence-electron chi connectivity index (χ3n) is 3.35. The maximum atomic E-state index is 10.5. The van der Waals surface area contributed by atoms with Crippen LogP contribution in [0.4, 0.5) is 0 Å². The van der Waals surface area contributed by atoms with E-state index in [1.165, 1.54) is 17.5 Å². The van der Waals surface area contributed by atoms with Crippen molar-refractivity contribution in [3.8, 4) is 5.75 Å². The minimum Gasteiger partial charge on any atom is -0.496 e. The number of methoxy groups -OCH3 is 1. The highest BCUT2D eigenvalue weighted by Crippen LogP contribution is 2.34. The summed E-state index contributed by atoms with van der Waals surface area (Å²) in [7, 11) is 1.70. The van der Waals surface area contributed by atoms with E-state index in [1.54, 1.807) is 7.11 Å². The molecular weight excluding hydrogens is 216 g/mol. The highest BCUT2D eigenvalue weighted by atomic mass is 16.5. The molecule has 1 aliphatic carbocycles. The summed E-state index contributed by atoms with van der Waals surface area (Å²) in [5, 5.41) is 8.64. The summed E-state index contributed by atoms with van der Waals surface area (Å²) in [6.45, 7) is 0. The van der Waals surface area contributed by atoms with Crippen molar-refractivity contribution in [3.05, 3.63) is 28.8 Å². The molecule has 0 fully saturated rings. The van der Waals surface area contributed by atoms with Gasteiger partial charge in [-0.25, -0.2) is 0 Å². The fourth-order valence-corrected chi connectivity index (χ4v) is 2.56. The number of hydrogen-bond acceptors (Lipinski definition) is 2. The molecule has 2 rings (SSSR count). The van der Waals surface area contributed by atoms with Gasteiger partial charge in [0.1, 0.15) is 5.75 Å². The third-order valence-corrected chi connectivity index (χ3v) is 3.35. The van der Waals surface area contributed by atoms with Crippen molar-refractivity contribution >= 4 is 5.97 Å². The van der Waals surface area contributed by atoms with E-state index in [0.29, 0.717) is 6.42 Å². The Kier molecular flexibility index (Phi) is 3.67. The van der Waals surface area contributed by atoms with Gasteiger partial charge in [-0.1, -0.05) is 12.1 Å². The Balaban J connectivity index is 2.14. The van der Waals surface area contributed by atoms with Crippen LogP contribution in [0.3, 0.4) is 0 Å². The summed E-state index contributed by atoms with van der Waals surface area (Å²) in [4.78, 5) is 10.5. The Hall–Kier alpha value is -1.51. The van der Waals surface area contributed by atoms with E-state index in [4.69, 9.17) is 9.84 Å². The number of carbonyl (C=O) groups is 1. The van der Waals surface area contributed by atoms with Crippen LogP contribution in [0.25, 0.3) is 0 Å². The number of ether oxygens (including phenoxy) is 1. The fourth-order valence-electron chi connectivity index (χ4n) is 2.56. The normalized spacial score (nSPS) is 13.5. The lowest BCUT2D eigenvalue weighted by molar-refractivity contribution is -0.137. The molecule has 0 radical (unpaired) electrons. The summed E-state index contributed by atoms with van der Waals surface area (Å²) in [6.07, 6.45) is 5.10. The van der Waals surface area contributed by atoms with Crippen LogP contribution in [0.1, 0.15) is 36.0 Å². The predicted molar refractivity (Wildman–Crippen MR) is 65.6 cm³/mol. The monoisotopic (exact) mass is 234 g/mol. The molecule has 0 bridgehead atoms. The van der Waals surface area contributed by atoms with Gasteiger partial charge in [0, 0.05) is 6.42 Å². The minimum absolute atomic E-state index is 0.222. The maximum Gasteiger partial charge on any atom is 0.303 e. The van der Waals surface area contributed by atoms with Crippen molar-refractivity contribution in [2.24, 2.45) is 0 Å². The summed E-state index contributed by atoms with van der Waals surface area (Å²) in [5.41, 5.74) is 3.87. The lowest BCUT2D eigenvalue weighted by Crippen LogP contribution is -2.00. The highest BCUT2D eigenvalue weighted by molar-refractivity contribution is 5.66. The molecule has 17 heavy (non-hydrogen) atoms. The first-order valence-electron chi connectivity index (χ1n) is 6.12. The molecule has 0 spiro atoms. The van der Waals surface area contributed by atoms with Crippen LogP contribution in [0, 0.1) is 0 Å². The molecular formula is C14H18O3. The Labute approximate surface area is 101 Å². The molecule has 0 heterocycles. The molecule has 0 saturated carbocycles. The van der Waals surface area contributed by atoms with Crippen LogP contribution < -0.4 is 4.74 Å². The zero-order valence-corrected chi connectivity index (χ0v) is 10.2. The van der Waals surface area contributed by atoms with Crippen molar-refractivity contribution in [2.45, 2.75) is 38.5 Å². The van der Waals surface area contributed by atoms with Crippen LogP contribution in [-0.4, -0.2) is 18.2 Å². The number of aliphatic carboxylic acids is 1. The van der Waals surface area contributed by atoms with Crippen LogP contribution in [-0.2, 0) is 24.1 Å². The molecule has 0 unspecified atom stereocenters. The van der Waals surface area contributed by atoms with Gasteiger partial charge in [0.25, 0.3) is 0 Å². The largest absolute Gasteiger partial charge is 0.496 e. The number of fused-ring (bicyclic) bond motifs is 1. The Morgan fingerprint density at radius 2 is 2.24 bits per heavy atom. The van der Waals surface area contributed by atoms with Crippen LogP contribution in [0.5, 0.6) is 5.75 Å².